The maximum absolute atomic E-state index is 13.5. The van der Waals surface area contributed by atoms with Gasteiger partial charge in [0.25, 0.3) is 5.91 Å². The Bertz CT molecular complexity index is 1290. The average molecular weight is 495 g/mol. The molecule has 9 heteroatoms. The van der Waals surface area contributed by atoms with Gasteiger partial charge in [-0.2, -0.15) is 5.10 Å². The monoisotopic (exact) mass is 494 g/mol. The third kappa shape index (κ3) is 4.52. The van der Waals surface area contributed by atoms with Gasteiger partial charge >= 0.3 is 0 Å². The third-order valence-corrected chi connectivity index (χ3v) is 7.37. The van der Waals surface area contributed by atoms with Crippen LogP contribution in [0.1, 0.15) is 52.5 Å². The number of aliphatic imine (C=N–C) groups is 1. The number of carbonyl (C=O) groups is 1. The predicted octanol–water partition coefficient (Wildman–Crippen LogP) is 3.86. The van der Waals surface area contributed by atoms with Gasteiger partial charge in [-0.1, -0.05) is 17.7 Å². The first-order chi connectivity index (χ1) is 16.9. The lowest BCUT2D eigenvalue weighted by Crippen LogP contribution is -2.39. The zero-order valence-corrected chi connectivity index (χ0v) is 21.1. The second-order valence-corrected chi connectivity index (χ2v) is 10.1. The molecule has 0 unspecified atom stereocenters. The molecule has 0 spiro atoms. The molecule has 1 N–H and O–H groups in total. The maximum atomic E-state index is 13.5. The minimum Gasteiger partial charge on any atom is -0.391 e. The number of aliphatic hydroxyl groups excluding tert-OH is 1. The van der Waals surface area contributed by atoms with Crippen molar-refractivity contribution in [3.63, 3.8) is 0 Å². The van der Waals surface area contributed by atoms with Crippen molar-refractivity contribution in [1.29, 1.82) is 0 Å². The van der Waals surface area contributed by atoms with Gasteiger partial charge in [0.15, 0.2) is 5.65 Å². The number of halogens is 1. The standard InChI is InChI=1S/C26H31ClN6O2/c1-16-7-8-19(27)10-20(16)26(35)32-9-5-4-6-22(32)21-11-24-29-25(17(2)13-33(24)30-21)31-14-18(12-28-3)23(34)15-31/h7-8,10-13,18,22-23,34H,4-6,9,14-15H2,1-3H3/t18-,22+,23+/m1/s1. The summed E-state index contributed by atoms with van der Waals surface area (Å²) in [5, 5.41) is 15.8. The second kappa shape index (κ2) is 9.59. The van der Waals surface area contributed by atoms with E-state index in [-0.39, 0.29) is 17.9 Å². The largest absolute Gasteiger partial charge is 0.391 e. The summed E-state index contributed by atoms with van der Waals surface area (Å²) in [7, 11) is 1.73. The number of piperidine rings is 1. The van der Waals surface area contributed by atoms with Gasteiger partial charge in [-0.15, -0.1) is 0 Å². The molecule has 2 aliphatic rings. The first-order valence-electron chi connectivity index (χ1n) is 12.1. The van der Waals surface area contributed by atoms with Crippen molar-refractivity contribution in [3.05, 3.63) is 57.9 Å². The van der Waals surface area contributed by atoms with Crippen molar-refractivity contribution in [2.24, 2.45) is 10.9 Å². The summed E-state index contributed by atoms with van der Waals surface area (Å²) in [6.45, 7) is 5.83. The number of β-amino-alcohol motifs (C(OH)–C–C–N with tert-alkyl or cyclic N) is 1. The van der Waals surface area contributed by atoms with Gasteiger partial charge < -0.3 is 19.9 Å². The Morgan fingerprint density at radius 2 is 2.03 bits per heavy atom. The van der Waals surface area contributed by atoms with Crippen molar-refractivity contribution in [2.45, 2.75) is 45.3 Å². The lowest BCUT2D eigenvalue weighted by molar-refractivity contribution is 0.0605. The highest BCUT2D eigenvalue weighted by Gasteiger charge is 2.33. The SMILES string of the molecule is CN=C[C@@H]1CN(c2nc3cc([C@@H]4CCCCN4C(=O)c4cc(Cl)ccc4C)nn3cc2C)C[C@@H]1O. The number of fused-ring (bicyclic) bond motifs is 1. The van der Waals surface area contributed by atoms with Crippen molar-refractivity contribution in [3.8, 4) is 0 Å². The Hall–Kier alpha value is -2.97. The van der Waals surface area contributed by atoms with Gasteiger partial charge in [-0.05, 0) is 50.8 Å². The van der Waals surface area contributed by atoms with Crippen molar-refractivity contribution >= 4 is 35.2 Å². The van der Waals surface area contributed by atoms with Crippen LogP contribution < -0.4 is 4.90 Å². The number of amides is 1. The minimum atomic E-state index is -0.464. The molecule has 0 saturated carbocycles. The highest BCUT2D eigenvalue weighted by Crippen LogP contribution is 2.33. The second-order valence-electron chi connectivity index (χ2n) is 9.63. The molecule has 2 aliphatic heterocycles. The fourth-order valence-electron chi connectivity index (χ4n) is 5.29. The van der Waals surface area contributed by atoms with Gasteiger partial charge in [0.1, 0.15) is 5.82 Å². The molecule has 0 aliphatic carbocycles. The number of rotatable bonds is 4. The highest BCUT2D eigenvalue weighted by molar-refractivity contribution is 6.31. The fraction of sp³-hybridized carbons (Fsp3) is 0.462. The van der Waals surface area contributed by atoms with E-state index in [1.807, 2.05) is 49.4 Å². The first kappa shape index (κ1) is 23.8. The molecule has 1 aromatic carbocycles. The Morgan fingerprint density at radius 3 is 2.83 bits per heavy atom. The smallest absolute Gasteiger partial charge is 0.254 e. The van der Waals surface area contributed by atoms with Gasteiger partial charge in [0.05, 0.1) is 17.8 Å². The molecule has 0 radical (unpaired) electrons. The molecule has 184 valence electrons. The Balaban J connectivity index is 1.46. The van der Waals surface area contributed by atoms with Gasteiger partial charge in [0, 0.05) is 67.2 Å². The molecular weight excluding hydrogens is 464 g/mol. The van der Waals surface area contributed by atoms with Crippen LogP contribution in [-0.4, -0.2) is 69.5 Å². The number of aromatic nitrogens is 3. The molecule has 3 aromatic rings. The van der Waals surface area contributed by atoms with E-state index >= 15 is 0 Å². The van der Waals surface area contributed by atoms with E-state index in [0.717, 1.165) is 47.5 Å². The quantitative estimate of drug-likeness (QED) is 0.556. The van der Waals surface area contributed by atoms with Crippen LogP contribution in [0.15, 0.2) is 35.5 Å². The minimum absolute atomic E-state index is 0.00495. The van der Waals surface area contributed by atoms with Crippen LogP contribution >= 0.6 is 11.6 Å². The van der Waals surface area contributed by atoms with E-state index in [1.54, 1.807) is 17.6 Å². The van der Waals surface area contributed by atoms with Crippen molar-refractivity contribution < 1.29 is 9.90 Å². The van der Waals surface area contributed by atoms with E-state index < -0.39 is 6.10 Å². The van der Waals surface area contributed by atoms with Crippen molar-refractivity contribution in [1.82, 2.24) is 19.5 Å². The molecule has 4 heterocycles. The summed E-state index contributed by atoms with van der Waals surface area (Å²) in [6, 6.07) is 7.33. The molecule has 5 rings (SSSR count). The highest BCUT2D eigenvalue weighted by atomic mass is 35.5. The molecule has 35 heavy (non-hydrogen) atoms. The average Bonchev–Trinajstić information content (AvgIpc) is 3.42. The van der Waals surface area contributed by atoms with E-state index in [0.29, 0.717) is 30.2 Å². The van der Waals surface area contributed by atoms with Gasteiger partial charge in [0.2, 0.25) is 0 Å². The van der Waals surface area contributed by atoms with Crippen LogP contribution in [0.4, 0.5) is 5.82 Å². The zero-order chi connectivity index (χ0) is 24.7. The number of carbonyl (C=O) groups excluding carboxylic acids is 1. The van der Waals surface area contributed by atoms with E-state index in [9.17, 15) is 9.90 Å². The number of aryl methyl sites for hydroxylation is 2. The summed E-state index contributed by atoms with van der Waals surface area (Å²) in [6.07, 6.45) is 6.19. The summed E-state index contributed by atoms with van der Waals surface area (Å²) >= 11 is 6.20. The van der Waals surface area contributed by atoms with E-state index in [4.69, 9.17) is 21.7 Å². The van der Waals surface area contributed by atoms with Crippen LogP contribution in [0.25, 0.3) is 5.65 Å². The summed E-state index contributed by atoms with van der Waals surface area (Å²) in [5.74, 6) is 0.835. The van der Waals surface area contributed by atoms with Crippen LogP contribution in [-0.2, 0) is 0 Å². The molecule has 3 atom stereocenters. The lowest BCUT2D eigenvalue weighted by Gasteiger charge is -2.35. The molecule has 2 saturated heterocycles. The molecular formula is C26H31ClN6O2. The maximum Gasteiger partial charge on any atom is 0.254 e. The number of hydrogen-bond donors (Lipinski definition) is 1. The number of anilines is 1. The molecule has 2 fully saturated rings. The molecule has 0 bridgehead atoms. The fourth-order valence-corrected chi connectivity index (χ4v) is 5.46. The van der Waals surface area contributed by atoms with Crippen molar-refractivity contribution in [2.75, 3.05) is 31.6 Å². The summed E-state index contributed by atoms with van der Waals surface area (Å²) < 4.78 is 1.80. The molecule has 2 aromatic heterocycles. The van der Waals surface area contributed by atoms with Crippen LogP contribution in [0, 0.1) is 19.8 Å². The van der Waals surface area contributed by atoms with Crippen LogP contribution in [0.5, 0.6) is 0 Å². The van der Waals surface area contributed by atoms with Crippen LogP contribution in [0.3, 0.4) is 0 Å². The summed E-state index contributed by atoms with van der Waals surface area (Å²) in [4.78, 5) is 26.6. The van der Waals surface area contributed by atoms with Gasteiger partial charge in [-0.25, -0.2) is 9.50 Å². The number of aliphatic hydroxyl groups is 1. The zero-order valence-electron chi connectivity index (χ0n) is 20.4. The van der Waals surface area contributed by atoms with Gasteiger partial charge in [-0.3, -0.25) is 4.79 Å². The third-order valence-electron chi connectivity index (χ3n) is 7.13. The number of hydrogen-bond acceptors (Lipinski definition) is 6. The Labute approximate surface area is 210 Å². The molecule has 8 nitrogen and oxygen atoms in total. The molecule has 1 amide bonds. The predicted molar refractivity (Wildman–Crippen MR) is 138 cm³/mol. The number of benzene rings is 1. The van der Waals surface area contributed by atoms with E-state index in [2.05, 4.69) is 9.89 Å². The van der Waals surface area contributed by atoms with E-state index in [1.165, 1.54) is 0 Å². The first-order valence-corrected chi connectivity index (χ1v) is 12.5. The number of likely N-dealkylation sites (tertiary alicyclic amines) is 1. The normalized spacial score (nSPS) is 23.1. The number of nitrogens with zero attached hydrogens (tertiary/aromatic N) is 6. The van der Waals surface area contributed by atoms with Crippen LogP contribution in [0.2, 0.25) is 5.02 Å². The lowest BCUT2D eigenvalue weighted by atomic mass is 9.97. The topological polar surface area (TPSA) is 86.3 Å². The summed E-state index contributed by atoms with van der Waals surface area (Å²) in [5.41, 5.74) is 4.13. The Morgan fingerprint density at radius 1 is 1.20 bits per heavy atom. The Kier molecular flexibility index (Phi) is 6.51.